The number of aliphatic hydroxyl groups excluding tert-OH is 1. The molecular formula is C9H17NO4S. The third-order valence-corrected chi connectivity index (χ3v) is 4.62. The maximum atomic E-state index is 11.5. The zero-order valence-corrected chi connectivity index (χ0v) is 9.59. The number of hydrogen-bond acceptors (Lipinski definition) is 4. The van der Waals surface area contributed by atoms with Crippen molar-refractivity contribution in [2.45, 2.75) is 37.5 Å². The third kappa shape index (κ3) is 3.46. The quantitative estimate of drug-likeness (QED) is 0.687. The van der Waals surface area contributed by atoms with Gasteiger partial charge >= 0.3 is 0 Å². The van der Waals surface area contributed by atoms with Gasteiger partial charge in [0.25, 0.3) is 0 Å². The normalized spacial score (nSPS) is 26.9. The van der Waals surface area contributed by atoms with Crippen LogP contribution in [0.1, 0.15) is 26.2 Å². The fraction of sp³-hybridized carbons (Fsp3) is 0.889. The van der Waals surface area contributed by atoms with Gasteiger partial charge in [0.15, 0.2) is 9.84 Å². The van der Waals surface area contributed by atoms with Gasteiger partial charge in [-0.1, -0.05) is 6.42 Å². The Labute approximate surface area is 89.8 Å². The number of aliphatic hydroxyl groups is 1. The minimum absolute atomic E-state index is 0.0970. The highest BCUT2D eigenvalue weighted by molar-refractivity contribution is 7.92. The SMILES string of the molecule is C[C@@H](O)CNC(=O)C1CCCCS1(=O)=O. The number of carbonyl (C=O) groups is 1. The Bertz CT molecular complexity index is 323. The van der Waals surface area contributed by atoms with Crippen LogP contribution in [-0.2, 0) is 14.6 Å². The highest BCUT2D eigenvalue weighted by Gasteiger charge is 2.34. The minimum atomic E-state index is -3.26. The third-order valence-electron chi connectivity index (χ3n) is 2.44. The van der Waals surface area contributed by atoms with E-state index in [-0.39, 0.29) is 12.3 Å². The molecule has 2 N–H and O–H groups in total. The molecule has 88 valence electrons. The first-order valence-corrected chi connectivity index (χ1v) is 6.82. The number of hydrogen-bond donors (Lipinski definition) is 2. The Balaban J connectivity index is 2.58. The lowest BCUT2D eigenvalue weighted by Crippen LogP contribution is -2.44. The van der Waals surface area contributed by atoms with Crippen LogP contribution in [-0.4, -0.2) is 43.1 Å². The topological polar surface area (TPSA) is 83.5 Å². The van der Waals surface area contributed by atoms with Gasteiger partial charge in [-0.15, -0.1) is 0 Å². The summed E-state index contributed by atoms with van der Waals surface area (Å²) in [5, 5.41) is 10.5. The standard InChI is InChI=1S/C9H17NO4S/c1-7(11)6-10-9(12)8-4-2-3-5-15(8,13)14/h7-8,11H,2-6H2,1H3,(H,10,12)/t7-,8?/m1/s1. The first-order valence-electron chi connectivity index (χ1n) is 5.11. The summed E-state index contributed by atoms with van der Waals surface area (Å²) < 4.78 is 23.1. The summed E-state index contributed by atoms with van der Waals surface area (Å²) in [6.07, 6.45) is 1.16. The van der Waals surface area contributed by atoms with E-state index in [0.29, 0.717) is 12.8 Å². The molecule has 1 saturated heterocycles. The molecule has 1 aliphatic rings. The zero-order chi connectivity index (χ0) is 11.5. The van der Waals surface area contributed by atoms with Gasteiger partial charge in [-0.2, -0.15) is 0 Å². The van der Waals surface area contributed by atoms with E-state index in [4.69, 9.17) is 5.11 Å². The van der Waals surface area contributed by atoms with Crippen LogP contribution in [0.25, 0.3) is 0 Å². The summed E-state index contributed by atoms with van der Waals surface area (Å²) in [7, 11) is -3.26. The maximum Gasteiger partial charge on any atom is 0.238 e. The molecule has 2 atom stereocenters. The Morgan fingerprint density at radius 3 is 2.73 bits per heavy atom. The Hall–Kier alpha value is -0.620. The average molecular weight is 235 g/mol. The van der Waals surface area contributed by atoms with Crippen molar-refractivity contribution < 1.29 is 18.3 Å². The largest absolute Gasteiger partial charge is 0.392 e. The molecule has 5 nitrogen and oxygen atoms in total. The summed E-state index contributed by atoms with van der Waals surface area (Å²) >= 11 is 0. The van der Waals surface area contributed by atoms with E-state index in [1.54, 1.807) is 0 Å². The van der Waals surface area contributed by atoms with Crippen LogP contribution < -0.4 is 5.32 Å². The molecule has 15 heavy (non-hydrogen) atoms. The molecule has 0 aliphatic carbocycles. The first kappa shape index (κ1) is 12.4. The predicted molar refractivity (Wildman–Crippen MR) is 56.1 cm³/mol. The van der Waals surface area contributed by atoms with Crippen molar-refractivity contribution in [1.82, 2.24) is 5.32 Å². The second kappa shape index (κ2) is 4.94. The molecule has 1 amide bonds. The fourth-order valence-electron chi connectivity index (χ4n) is 1.61. The molecular weight excluding hydrogens is 218 g/mol. The first-order chi connectivity index (χ1) is 6.93. The average Bonchev–Trinajstić information content (AvgIpc) is 2.13. The van der Waals surface area contributed by atoms with Crippen LogP contribution in [0.15, 0.2) is 0 Å². The Kier molecular flexibility index (Phi) is 4.10. The summed E-state index contributed by atoms with van der Waals surface area (Å²) in [5.74, 6) is -0.379. The molecule has 1 aliphatic heterocycles. The maximum absolute atomic E-state index is 11.5. The minimum Gasteiger partial charge on any atom is -0.392 e. The second-order valence-electron chi connectivity index (χ2n) is 3.95. The van der Waals surface area contributed by atoms with Gasteiger partial charge in [0.1, 0.15) is 5.25 Å². The van der Waals surface area contributed by atoms with Gasteiger partial charge in [-0.25, -0.2) is 8.42 Å². The molecule has 0 bridgehead atoms. The molecule has 6 heteroatoms. The van der Waals surface area contributed by atoms with Crippen LogP contribution in [0.4, 0.5) is 0 Å². The fourth-order valence-corrected chi connectivity index (χ4v) is 3.44. The van der Waals surface area contributed by atoms with Crippen molar-refractivity contribution in [1.29, 1.82) is 0 Å². The zero-order valence-electron chi connectivity index (χ0n) is 8.77. The predicted octanol–water partition coefficient (Wildman–Crippen LogP) is -0.549. The molecule has 0 aromatic carbocycles. The Morgan fingerprint density at radius 1 is 1.53 bits per heavy atom. The van der Waals surface area contributed by atoms with Gasteiger partial charge in [0, 0.05) is 6.54 Å². The van der Waals surface area contributed by atoms with Crippen molar-refractivity contribution in [3.63, 3.8) is 0 Å². The summed E-state index contributed by atoms with van der Waals surface area (Å²) in [6, 6.07) is 0. The monoisotopic (exact) mass is 235 g/mol. The lowest BCUT2D eigenvalue weighted by Gasteiger charge is -2.21. The summed E-state index contributed by atoms with van der Waals surface area (Å²) in [6.45, 7) is 1.64. The van der Waals surface area contributed by atoms with Gasteiger partial charge in [-0.05, 0) is 19.8 Å². The lowest BCUT2D eigenvalue weighted by atomic mass is 10.2. The number of rotatable bonds is 3. The van der Waals surface area contributed by atoms with Crippen molar-refractivity contribution in [2.75, 3.05) is 12.3 Å². The van der Waals surface area contributed by atoms with Crippen molar-refractivity contribution in [3.8, 4) is 0 Å². The van der Waals surface area contributed by atoms with Gasteiger partial charge in [0.05, 0.1) is 11.9 Å². The van der Waals surface area contributed by atoms with E-state index in [2.05, 4.69) is 5.32 Å². The summed E-state index contributed by atoms with van der Waals surface area (Å²) in [5.41, 5.74) is 0. The molecule has 0 spiro atoms. The van der Waals surface area contributed by atoms with Crippen molar-refractivity contribution in [2.24, 2.45) is 0 Å². The van der Waals surface area contributed by atoms with Crippen LogP contribution >= 0.6 is 0 Å². The van der Waals surface area contributed by atoms with E-state index in [9.17, 15) is 13.2 Å². The molecule has 1 heterocycles. The van der Waals surface area contributed by atoms with E-state index < -0.39 is 27.1 Å². The van der Waals surface area contributed by atoms with E-state index in [0.717, 1.165) is 6.42 Å². The van der Waals surface area contributed by atoms with Crippen LogP contribution in [0.5, 0.6) is 0 Å². The molecule has 1 rings (SSSR count). The lowest BCUT2D eigenvalue weighted by molar-refractivity contribution is -0.121. The van der Waals surface area contributed by atoms with E-state index in [1.807, 2.05) is 0 Å². The van der Waals surface area contributed by atoms with Gasteiger partial charge in [0.2, 0.25) is 5.91 Å². The van der Waals surface area contributed by atoms with Crippen molar-refractivity contribution in [3.05, 3.63) is 0 Å². The van der Waals surface area contributed by atoms with Gasteiger partial charge in [-0.3, -0.25) is 4.79 Å². The van der Waals surface area contributed by atoms with Crippen LogP contribution in [0.2, 0.25) is 0 Å². The van der Waals surface area contributed by atoms with Gasteiger partial charge < -0.3 is 10.4 Å². The molecule has 0 aromatic rings. The number of carbonyl (C=O) groups excluding carboxylic acids is 1. The van der Waals surface area contributed by atoms with Crippen molar-refractivity contribution >= 4 is 15.7 Å². The number of amides is 1. The van der Waals surface area contributed by atoms with E-state index in [1.165, 1.54) is 6.92 Å². The Morgan fingerprint density at radius 2 is 2.20 bits per heavy atom. The second-order valence-corrected chi connectivity index (χ2v) is 6.25. The molecule has 1 fully saturated rings. The molecule has 0 aromatic heterocycles. The van der Waals surface area contributed by atoms with Crippen LogP contribution in [0.3, 0.4) is 0 Å². The smallest absolute Gasteiger partial charge is 0.238 e. The molecule has 0 radical (unpaired) electrons. The summed E-state index contributed by atoms with van der Waals surface area (Å²) in [4.78, 5) is 11.5. The highest BCUT2D eigenvalue weighted by Crippen LogP contribution is 2.19. The van der Waals surface area contributed by atoms with E-state index >= 15 is 0 Å². The number of nitrogens with one attached hydrogen (secondary N) is 1. The molecule has 1 unspecified atom stereocenters. The van der Waals surface area contributed by atoms with Crippen LogP contribution in [0, 0.1) is 0 Å². The number of sulfone groups is 1. The highest BCUT2D eigenvalue weighted by atomic mass is 32.2. The molecule has 0 saturated carbocycles.